The number of halogens is 3. The molecule has 100 valence electrons. The standard InChI is InChI=1S/C11H12F3NO3/c1-2-17-9(16)4-6-3-7(12)5-8(10(6)15)18-11(13)14/h3,5,11H,2,4,15H2,1H3. The van der Waals surface area contributed by atoms with Gasteiger partial charge in [-0.2, -0.15) is 8.78 Å². The Morgan fingerprint density at radius 3 is 2.67 bits per heavy atom. The van der Waals surface area contributed by atoms with Crippen molar-refractivity contribution in [2.24, 2.45) is 0 Å². The average molecular weight is 263 g/mol. The van der Waals surface area contributed by atoms with Crippen LogP contribution in [0.15, 0.2) is 12.1 Å². The van der Waals surface area contributed by atoms with Crippen LogP contribution in [-0.2, 0) is 16.0 Å². The van der Waals surface area contributed by atoms with Gasteiger partial charge in [0.05, 0.1) is 18.7 Å². The topological polar surface area (TPSA) is 61.5 Å². The Bertz CT molecular complexity index is 438. The van der Waals surface area contributed by atoms with Crippen molar-refractivity contribution in [1.29, 1.82) is 0 Å². The molecule has 0 saturated carbocycles. The zero-order valence-electron chi connectivity index (χ0n) is 9.58. The van der Waals surface area contributed by atoms with Crippen LogP contribution in [0.4, 0.5) is 18.9 Å². The number of alkyl halides is 2. The van der Waals surface area contributed by atoms with Gasteiger partial charge < -0.3 is 15.2 Å². The summed E-state index contributed by atoms with van der Waals surface area (Å²) in [7, 11) is 0. The summed E-state index contributed by atoms with van der Waals surface area (Å²) in [5.74, 6) is -1.94. The van der Waals surface area contributed by atoms with Gasteiger partial charge in [0.15, 0.2) is 5.75 Å². The molecule has 2 N–H and O–H groups in total. The fourth-order valence-corrected chi connectivity index (χ4v) is 1.35. The predicted molar refractivity (Wildman–Crippen MR) is 57.8 cm³/mol. The van der Waals surface area contributed by atoms with E-state index in [2.05, 4.69) is 9.47 Å². The van der Waals surface area contributed by atoms with E-state index in [0.29, 0.717) is 0 Å². The van der Waals surface area contributed by atoms with Crippen molar-refractivity contribution in [3.05, 3.63) is 23.5 Å². The van der Waals surface area contributed by atoms with Crippen molar-refractivity contribution in [3.63, 3.8) is 0 Å². The molecule has 1 rings (SSSR count). The molecule has 1 aromatic carbocycles. The van der Waals surface area contributed by atoms with Crippen LogP contribution in [0.25, 0.3) is 0 Å². The van der Waals surface area contributed by atoms with E-state index in [1.807, 2.05) is 0 Å². The van der Waals surface area contributed by atoms with Crippen LogP contribution in [0, 0.1) is 5.82 Å². The van der Waals surface area contributed by atoms with Gasteiger partial charge in [0.2, 0.25) is 0 Å². The van der Waals surface area contributed by atoms with Crippen LogP contribution in [-0.4, -0.2) is 19.2 Å². The molecule has 4 nitrogen and oxygen atoms in total. The third-order valence-electron chi connectivity index (χ3n) is 2.05. The number of benzene rings is 1. The van der Waals surface area contributed by atoms with Crippen LogP contribution < -0.4 is 10.5 Å². The molecule has 0 aromatic heterocycles. The van der Waals surface area contributed by atoms with Crippen molar-refractivity contribution in [2.45, 2.75) is 20.0 Å². The first-order valence-electron chi connectivity index (χ1n) is 5.12. The van der Waals surface area contributed by atoms with Crippen molar-refractivity contribution in [3.8, 4) is 5.75 Å². The Labute approximate surface area is 101 Å². The highest BCUT2D eigenvalue weighted by Crippen LogP contribution is 2.29. The predicted octanol–water partition coefficient (Wildman–Crippen LogP) is 2.11. The summed E-state index contributed by atoms with van der Waals surface area (Å²) >= 11 is 0. The summed E-state index contributed by atoms with van der Waals surface area (Å²) in [4.78, 5) is 11.2. The maximum Gasteiger partial charge on any atom is 0.387 e. The first-order valence-corrected chi connectivity index (χ1v) is 5.12. The number of ether oxygens (including phenoxy) is 2. The highest BCUT2D eigenvalue weighted by molar-refractivity contribution is 5.76. The lowest BCUT2D eigenvalue weighted by Crippen LogP contribution is -2.11. The quantitative estimate of drug-likeness (QED) is 0.653. The number of esters is 1. The smallest absolute Gasteiger partial charge is 0.387 e. The highest BCUT2D eigenvalue weighted by Gasteiger charge is 2.16. The third-order valence-corrected chi connectivity index (χ3v) is 2.05. The Kier molecular flexibility index (Phi) is 4.82. The van der Waals surface area contributed by atoms with Gasteiger partial charge in [-0.25, -0.2) is 4.39 Å². The Balaban J connectivity index is 2.97. The Morgan fingerprint density at radius 2 is 2.11 bits per heavy atom. The van der Waals surface area contributed by atoms with E-state index in [-0.39, 0.29) is 24.3 Å². The minimum Gasteiger partial charge on any atom is -0.466 e. The van der Waals surface area contributed by atoms with Crippen LogP contribution in [0.1, 0.15) is 12.5 Å². The molecule has 0 unspecified atom stereocenters. The second kappa shape index (κ2) is 6.13. The molecule has 0 aliphatic rings. The number of anilines is 1. The molecule has 18 heavy (non-hydrogen) atoms. The summed E-state index contributed by atoms with van der Waals surface area (Å²) in [6.07, 6.45) is -0.309. The van der Waals surface area contributed by atoms with Crippen molar-refractivity contribution in [1.82, 2.24) is 0 Å². The van der Waals surface area contributed by atoms with E-state index >= 15 is 0 Å². The summed E-state index contributed by atoms with van der Waals surface area (Å²) < 4.78 is 46.0. The Hall–Kier alpha value is -1.92. The molecular weight excluding hydrogens is 251 g/mol. The monoisotopic (exact) mass is 263 g/mol. The average Bonchev–Trinajstić information content (AvgIpc) is 2.24. The largest absolute Gasteiger partial charge is 0.466 e. The maximum absolute atomic E-state index is 13.2. The fraction of sp³-hybridized carbons (Fsp3) is 0.364. The number of rotatable bonds is 5. The second-order valence-corrected chi connectivity index (χ2v) is 3.34. The van der Waals surface area contributed by atoms with Crippen LogP contribution in [0.2, 0.25) is 0 Å². The minimum absolute atomic E-state index is 0.0455. The van der Waals surface area contributed by atoms with Crippen molar-refractivity contribution >= 4 is 11.7 Å². The normalized spacial score (nSPS) is 10.5. The molecular formula is C11H12F3NO3. The lowest BCUT2D eigenvalue weighted by atomic mass is 10.1. The van der Waals surface area contributed by atoms with E-state index in [1.54, 1.807) is 6.92 Å². The lowest BCUT2D eigenvalue weighted by molar-refractivity contribution is -0.142. The molecule has 1 aromatic rings. The number of carbonyl (C=O) groups is 1. The third kappa shape index (κ3) is 3.83. The zero-order chi connectivity index (χ0) is 13.7. The number of hydrogen-bond donors (Lipinski definition) is 1. The van der Waals surface area contributed by atoms with Crippen molar-refractivity contribution in [2.75, 3.05) is 12.3 Å². The first-order chi connectivity index (χ1) is 8.43. The number of nitrogen functional groups attached to an aromatic ring is 1. The summed E-state index contributed by atoms with van der Waals surface area (Å²) in [6, 6.07) is 1.71. The molecule has 0 atom stereocenters. The first kappa shape index (κ1) is 14.1. The van der Waals surface area contributed by atoms with E-state index < -0.39 is 24.1 Å². The maximum atomic E-state index is 13.2. The van der Waals surface area contributed by atoms with Crippen LogP contribution in [0.5, 0.6) is 5.75 Å². The van der Waals surface area contributed by atoms with E-state index in [1.165, 1.54) is 0 Å². The molecule has 7 heteroatoms. The lowest BCUT2D eigenvalue weighted by Gasteiger charge is -2.11. The molecule has 0 bridgehead atoms. The van der Waals surface area contributed by atoms with E-state index in [0.717, 1.165) is 12.1 Å². The second-order valence-electron chi connectivity index (χ2n) is 3.34. The van der Waals surface area contributed by atoms with Crippen LogP contribution in [0.3, 0.4) is 0 Å². The zero-order valence-corrected chi connectivity index (χ0v) is 9.58. The molecule has 0 saturated heterocycles. The number of nitrogens with two attached hydrogens (primary N) is 1. The Morgan fingerprint density at radius 1 is 1.44 bits per heavy atom. The molecule has 0 spiro atoms. The van der Waals surface area contributed by atoms with Gasteiger partial charge in [0.25, 0.3) is 0 Å². The van der Waals surface area contributed by atoms with Gasteiger partial charge in [-0.15, -0.1) is 0 Å². The van der Waals surface area contributed by atoms with Gasteiger partial charge in [0.1, 0.15) is 5.82 Å². The van der Waals surface area contributed by atoms with E-state index in [9.17, 15) is 18.0 Å². The number of carbonyl (C=O) groups excluding carboxylic acids is 1. The molecule has 0 heterocycles. The summed E-state index contributed by atoms with van der Waals surface area (Å²) in [5.41, 5.74) is 5.35. The van der Waals surface area contributed by atoms with E-state index in [4.69, 9.17) is 5.73 Å². The van der Waals surface area contributed by atoms with Gasteiger partial charge in [-0.05, 0) is 18.6 Å². The fourth-order valence-electron chi connectivity index (χ4n) is 1.35. The number of hydrogen-bond acceptors (Lipinski definition) is 4. The SMILES string of the molecule is CCOC(=O)Cc1cc(F)cc(OC(F)F)c1N. The van der Waals surface area contributed by atoms with Crippen LogP contribution >= 0.6 is 0 Å². The molecule has 0 amide bonds. The van der Waals surface area contributed by atoms with Gasteiger partial charge in [-0.1, -0.05) is 0 Å². The highest BCUT2D eigenvalue weighted by atomic mass is 19.3. The summed E-state index contributed by atoms with van der Waals surface area (Å²) in [5, 5.41) is 0. The van der Waals surface area contributed by atoms with Crippen molar-refractivity contribution < 1.29 is 27.4 Å². The molecule has 0 radical (unpaired) electrons. The minimum atomic E-state index is -3.12. The molecule has 0 aliphatic heterocycles. The molecule has 0 aliphatic carbocycles. The molecule has 0 fully saturated rings. The van der Waals surface area contributed by atoms with Gasteiger partial charge in [0, 0.05) is 6.07 Å². The van der Waals surface area contributed by atoms with Gasteiger partial charge in [-0.3, -0.25) is 4.79 Å². The summed E-state index contributed by atoms with van der Waals surface area (Å²) in [6.45, 7) is -1.35. The van der Waals surface area contributed by atoms with Gasteiger partial charge >= 0.3 is 12.6 Å².